The van der Waals surface area contributed by atoms with E-state index in [0.717, 1.165) is 23.7 Å². The molecule has 5 saturated carbocycles. The molecule has 5 rings (SSSR count). The predicted molar refractivity (Wildman–Crippen MR) is 89.0 cm³/mol. The van der Waals surface area contributed by atoms with Crippen LogP contribution in [-0.2, 0) is 0 Å². The van der Waals surface area contributed by atoms with Crippen molar-refractivity contribution < 1.29 is 0 Å². The Hall–Kier alpha value is -0.0400. The van der Waals surface area contributed by atoms with Gasteiger partial charge in [0.2, 0.25) is 0 Å². The maximum Gasteiger partial charge on any atom is 0.0214 e. The molecule has 1 nitrogen and oxygen atoms in total. The molecule has 2 N–H and O–H groups in total. The van der Waals surface area contributed by atoms with Crippen LogP contribution in [-0.4, -0.2) is 5.54 Å². The van der Waals surface area contributed by atoms with Crippen LogP contribution in [0.4, 0.5) is 0 Å². The van der Waals surface area contributed by atoms with Crippen LogP contribution < -0.4 is 5.73 Å². The standard InChI is InChI=1S/C20H35N/c1-2-3-5-15-6-4-7-20(21,14-15)19-11-16-8-17(12-19)10-18(9-16)13-19/h15-18H,2-14,21H2,1H3. The molecule has 0 aliphatic heterocycles. The lowest BCUT2D eigenvalue weighted by Crippen LogP contribution is -2.64. The van der Waals surface area contributed by atoms with Gasteiger partial charge in [0.1, 0.15) is 0 Å². The fourth-order valence-corrected chi connectivity index (χ4v) is 7.37. The van der Waals surface area contributed by atoms with Gasteiger partial charge in [-0.15, -0.1) is 0 Å². The molecule has 5 fully saturated rings. The highest BCUT2D eigenvalue weighted by atomic mass is 14.8. The van der Waals surface area contributed by atoms with Crippen molar-refractivity contribution in [1.29, 1.82) is 0 Å². The van der Waals surface area contributed by atoms with Crippen LogP contribution in [0.1, 0.15) is 90.4 Å². The second-order valence-corrected chi connectivity index (χ2v) is 9.46. The molecule has 0 aromatic rings. The third-order valence-corrected chi connectivity index (χ3v) is 7.95. The van der Waals surface area contributed by atoms with Gasteiger partial charge in [0, 0.05) is 5.54 Å². The molecular formula is C20H35N. The summed E-state index contributed by atoms with van der Waals surface area (Å²) in [5, 5.41) is 0. The Bertz CT molecular complexity index is 352. The lowest BCUT2D eigenvalue weighted by Gasteiger charge is -2.64. The minimum Gasteiger partial charge on any atom is -0.325 e. The summed E-state index contributed by atoms with van der Waals surface area (Å²) in [5.41, 5.74) is 7.99. The van der Waals surface area contributed by atoms with E-state index in [9.17, 15) is 0 Å². The molecule has 0 spiro atoms. The van der Waals surface area contributed by atoms with Crippen LogP contribution >= 0.6 is 0 Å². The van der Waals surface area contributed by atoms with Crippen LogP contribution in [0.15, 0.2) is 0 Å². The van der Waals surface area contributed by atoms with E-state index in [4.69, 9.17) is 5.73 Å². The number of nitrogens with two attached hydrogens (primary N) is 1. The van der Waals surface area contributed by atoms with Crippen molar-refractivity contribution in [2.24, 2.45) is 34.8 Å². The highest BCUT2D eigenvalue weighted by molar-refractivity contribution is 5.13. The van der Waals surface area contributed by atoms with Crippen molar-refractivity contribution in [2.75, 3.05) is 0 Å². The molecule has 0 saturated heterocycles. The zero-order valence-corrected chi connectivity index (χ0v) is 14.1. The van der Waals surface area contributed by atoms with Crippen molar-refractivity contribution in [3.63, 3.8) is 0 Å². The number of hydrogen-bond acceptors (Lipinski definition) is 1. The minimum atomic E-state index is 0.208. The van der Waals surface area contributed by atoms with E-state index >= 15 is 0 Å². The molecule has 0 aromatic carbocycles. The number of unbranched alkanes of at least 4 members (excludes halogenated alkanes) is 1. The van der Waals surface area contributed by atoms with Gasteiger partial charge in [-0.25, -0.2) is 0 Å². The fourth-order valence-electron chi connectivity index (χ4n) is 7.37. The molecule has 120 valence electrons. The third-order valence-electron chi connectivity index (χ3n) is 7.95. The van der Waals surface area contributed by atoms with Crippen LogP contribution in [0.2, 0.25) is 0 Å². The second-order valence-electron chi connectivity index (χ2n) is 9.46. The van der Waals surface area contributed by atoms with Gasteiger partial charge in [0.15, 0.2) is 0 Å². The summed E-state index contributed by atoms with van der Waals surface area (Å²) in [6.45, 7) is 2.33. The largest absolute Gasteiger partial charge is 0.325 e. The average molecular weight is 290 g/mol. The van der Waals surface area contributed by atoms with Gasteiger partial charge in [-0.05, 0) is 80.5 Å². The van der Waals surface area contributed by atoms with Gasteiger partial charge in [-0.3, -0.25) is 0 Å². The molecular weight excluding hydrogens is 254 g/mol. The highest BCUT2D eigenvalue weighted by Gasteiger charge is 2.59. The topological polar surface area (TPSA) is 26.0 Å². The first kappa shape index (κ1) is 14.5. The Morgan fingerprint density at radius 2 is 1.57 bits per heavy atom. The SMILES string of the molecule is CCCCC1CCCC(N)(C23CC4CC(CC(C4)C2)C3)C1. The number of hydrogen-bond donors (Lipinski definition) is 1. The Morgan fingerprint density at radius 3 is 2.14 bits per heavy atom. The van der Waals surface area contributed by atoms with Crippen LogP contribution in [0.5, 0.6) is 0 Å². The lowest BCUT2D eigenvalue weighted by molar-refractivity contribution is -0.112. The average Bonchev–Trinajstić information content (AvgIpc) is 2.44. The first-order valence-corrected chi connectivity index (χ1v) is 9.91. The Labute approximate surface area is 131 Å². The fraction of sp³-hybridized carbons (Fsp3) is 1.00. The lowest BCUT2D eigenvalue weighted by atomic mass is 9.42. The molecule has 2 atom stereocenters. The predicted octanol–water partition coefficient (Wildman–Crippen LogP) is 5.28. The summed E-state index contributed by atoms with van der Waals surface area (Å²) in [6, 6.07) is 0. The zero-order valence-electron chi connectivity index (χ0n) is 14.1. The monoisotopic (exact) mass is 289 g/mol. The highest BCUT2D eigenvalue weighted by Crippen LogP contribution is 2.65. The van der Waals surface area contributed by atoms with Crippen molar-refractivity contribution in [2.45, 2.75) is 95.9 Å². The van der Waals surface area contributed by atoms with Crippen LogP contribution in [0, 0.1) is 29.1 Å². The van der Waals surface area contributed by atoms with Crippen molar-refractivity contribution >= 4 is 0 Å². The molecule has 1 heteroatoms. The first-order chi connectivity index (χ1) is 10.1. The molecule has 21 heavy (non-hydrogen) atoms. The van der Waals surface area contributed by atoms with Crippen LogP contribution in [0.25, 0.3) is 0 Å². The molecule has 0 aromatic heterocycles. The summed E-state index contributed by atoms with van der Waals surface area (Å²) in [6.07, 6.45) is 18.9. The maximum absolute atomic E-state index is 7.22. The molecule has 5 aliphatic carbocycles. The normalized spacial score (nSPS) is 52.3. The van der Waals surface area contributed by atoms with E-state index in [1.165, 1.54) is 64.2 Å². The molecule has 4 bridgehead atoms. The Balaban J connectivity index is 1.53. The van der Waals surface area contributed by atoms with Crippen molar-refractivity contribution in [3.8, 4) is 0 Å². The molecule has 0 radical (unpaired) electrons. The van der Waals surface area contributed by atoms with Gasteiger partial charge >= 0.3 is 0 Å². The van der Waals surface area contributed by atoms with E-state index in [0.29, 0.717) is 5.41 Å². The zero-order chi connectivity index (χ0) is 14.5. The quantitative estimate of drug-likeness (QED) is 0.748. The summed E-state index contributed by atoms with van der Waals surface area (Å²) in [5.74, 6) is 4.09. The van der Waals surface area contributed by atoms with Crippen molar-refractivity contribution in [3.05, 3.63) is 0 Å². The summed E-state index contributed by atoms with van der Waals surface area (Å²) in [7, 11) is 0. The smallest absolute Gasteiger partial charge is 0.0214 e. The van der Waals surface area contributed by atoms with Gasteiger partial charge in [-0.1, -0.05) is 39.0 Å². The van der Waals surface area contributed by atoms with E-state index in [1.54, 1.807) is 19.3 Å². The van der Waals surface area contributed by atoms with Crippen LogP contribution in [0.3, 0.4) is 0 Å². The van der Waals surface area contributed by atoms with E-state index in [1.807, 2.05) is 0 Å². The number of rotatable bonds is 4. The summed E-state index contributed by atoms with van der Waals surface area (Å²) in [4.78, 5) is 0. The third kappa shape index (κ3) is 2.38. The van der Waals surface area contributed by atoms with Gasteiger partial charge < -0.3 is 5.73 Å². The van der Waals surface area contributed by atoms with E-state index < -0.39 is 0 Å². The van der Waals surface area contributed by atoms with Crippen molar-refractivity contribution in [1.82, 2.24) is 0 Å². The summed E-state index contributed by atoms with van der Waals surface area (Å²) >= 11 is 0. The van der Waals surface area contributed by atoms with Gasteiger partial charge in [0.25, 0.3) is 0 Å². The Kier molecular flexibility index (Phi) is 3.64. The molecule has 5 aliphatic rings. The second kappa shape index (κ2) is 5.25. The molecule has 0 heterocycles. The van der Waals surface area contributed by atoms with Gasteiger partial charge in [0.05, 0.1) is 0 Å². The maximum atomic E-state index is 7.22. The summed E-state index contributed by atoms with van der Waals surface area (Å²) < 4.78 is 0. The minimum absolute atomic E-state index is 0.208. The molecule has 2 unspecified atom stereocenters. The first-order valence-electron chi connectivity index (χ1n) is 9.91. The van der Waals surface area contributed by atoms with Gasteiger partial charge in [-0.2, -0.15) is 0 Å². The molecule has 0 amide bonds. The van der Waals surface area contributed by atoms with E-state index in [-0.39, 0.29) is 5.54 Å². The Morgan fingerprint density at radius 1 is 0.952 bits per heavy atom. The van der Waals surface area contributed by atoms with E-state index in [2.05, 4.69) is 6.92 Å².